The van der Waals surface area contributed by atoms with Gasteiger partial charge in [-0.25, -0.2) is 0 Å². The average molecular weight is 261 g/mol. The van der Waals surface area contributed by atoms with E-state index in [1.165, 1.54) is 5.69 Å². The standard InChI is InChI=1S/C15H23N3O/c1-18(14-7-3-2-4-8-14)11-10-17-15(19)13-6-5-9-16-12-13/h2-4,7-8,13,16H,5-6,9-12H2,1H3,(H,17,19). The second-order valence-electron chi connectivity index (χ2n) is 5.09. The maximum absolute atomic E-state index is 11.9. The Morgan fingerprint density at radius 3 is 2.89 bits per heavy atom. The van der Waals surface area contributed by atoms with Gasteiger partial charge in [0.05, 0.1) is 5.92 Å². The molecule has 1 saturated heterocycles. The van der Waals surface area contributed by atoms with E-state index in [2.05, 4.69) is 27.7 Å². The number of carbonyl (C=O) groups excluding carboxylic acids is 1. The van der Waals surface area contributed by atoms with Crippen LogP contribution in [0.25, 0.3) is 0 Å². The van der Waals surface area contributed by atoms with Gasteiger partial charge in [0.15, 0.2) is 0 Å². The van der Waals surface area contributed by atoms with Gasteiger partial charge in [0.1, 0.15) is 0 Å². The number of hydrogen-bond acceptors (Lipinski definition) is 3. The molecule has 1 aliphatic rings. The SMILES string of the molecule is CN(CCNC(=O)C1CCCNC1)c1ccccc1. The maximum Gasteiger partial charge on any atom is 0.224 e. The predicted octanol–water partition coefficient (Wildman–Crippen LogP) is 1.24. The highest BCUT2D eigenvalue weighted by Crippen LogP contribution is 2.11. The molecule has 1 heterocycles. The summed E-state index contributed by atoms with van der Waals surface area (Å²) in [7, 11) is 2.05. The van der Waals surface area contributed by atoms with Gasteiger partial charge in [-0.15, -0.1) is 0 Å². The van der Waals surface area contributed by atoms with E-state index >= 15 is 0 Å². The molecular weight excluding hydrogens is 238 g/mol. The Labute approximate surface area is 115 Å². The third-order valence-corrected chi connectivity index (χ3v) is 3.61. The average Bonchev–Trinajstić information content (AvgIpc) is 2.49. The topological polar surface area (TPSA) is 44.4 Å². The molecule has 19 heavy (non-hydrogen) atoms. The Balaban J connectivity index is 1.69. The second-order valence-corrected chi connectivity index (χ2v) is 5.09. The van der Waals surface area contributed by atoms with Crippen molar-refractivity contribution in [2.75, 3.05) is 38.1 Å². The summed E-state index contributed by atoms with van der Waals surface area (Å²) in [4.78, 5) is 14.1. The first-order valence-corrected chi connectivity index (χ1v) is 7.02. The summed E-state index contributed by atoms with van der Waals surface area (Å²) < 4.78 is 0. The van der Waals surface area contributed by atoms with Crippen molar-refractivity contribution >= 4 is 11.6 Å². The van der Waals surface area contributed by atoms with E-state index in [0.29, 0.717) is 6.54 Å². The molecular formula is C15H23N3O. The number of nitrogens with zero attached hydrogens (tertiary/aromatic N) is 1. The van der Waals surface area contributed by atoms with Crippen LogP contribution in [0.2, 0.25) is 0 Å². The van der Waals surface area contributed by atoms with Gasteiger partial charge < -0.3 is 15.5 Å². The van der Waals surface area contributed by atoms with Crippen LogP contribution < -0.4 is 15.5 Å². The van der Waals surface area contributed by atoms with Crippen LogP contribution in [-0.2, 0) is 4.79 Å². The molecule has 104 valence electrons. The lowest BCUT2D eigenvalue weighted by Gasteiger charge is -2.23. The Kier molecular flexibility index (Phi) is 5.21. The fourth-order valence-electron chi connectivity index (χ4n) is 2.38. The fourth-order valence-corrected chi connectivity index (χ4v) is 2.38. The van der Waals surface area contributed by atoms with E-state index in [4.69, 9.17) is 0 Å². The minimum atomic E-state index is 0.149. The Bertz CT molecular complexity index is 388. The molecule has 1 fully saturated rings. The minimum Gasteiger partial charge on any atom is -0.373 e. The number of para-hydroxylation sites is 1. The third kappa shape index (κ3) is 4.24. The zero-order valence-corrected chi connectivity index (χ0v) is 11.6. The highest BCUT2D eigenvalue weighted by atomic mass is 16.1. The summed E-state index contributed by atoms with van der Waals surface area (Å²) in [6.07, 6.45) is 2.11. The first-order chi connectivity index (χ1) is 9.27. The van der Waals surface area contributed by atoms with Crippen LogP contribution in [-0.4, -0.2) is 39.1 Å². The van der Waals surface area contributed by atoms with E-state index in [9.17, 15) is 4.79 Å². The summed E-state index contributed by atoms with van der Waals surface area (Å²) in [5.41, 5.74) is 1.18. The second kappa shape index (κ2) is 7.14. The summed E-state index contributed by atoms with van der Waals surface area (Å²) in [6, 6.07) is 10.2. The van der Waals surface area contributed by atoms with Crippen LogP contribution in [0.1, 0.15) is 12.8 Å². The maximum atomic E-state index is 11.9. The molecule has 1 aromatic rings. The van der Waals surface area contributed by atoms with Crippen molar-refractivity contribution in [3.8, 4) is 0 Å². The molecule has 4 heteroatoms. The molecule has 2 rings (SSSR count). The molecule has 0 radical (unpaired) electrons. The van der Waals surface area contributed by atoms with Crippen molar-refractivity contribution in [1.29, 1.82) is 0 Å². The van der Waals surface area contributed by atoms with Crippen molar-refractivity contribution in [2.45, 2.75) is 12.8 Å². The number of nitrogens with one attached hydrogen (secondary N) is 2. The molecule has 4 nitrogen and oxygen atoms in total. The number of hydrogen-bond donors (Lipinski definition) is 2. The van der Waals surface area contributed by atoms with Crippen LogP contribution in [0, 0.1) is 5.92 Å². The number of amides is 1. The normalized spacial score (nSPS) is 18.9. The third-order valence-electron chi connectivity index (χ3n) is 3.61. The Morgan fingerprint density at radius 2 is 2.21 bits per heavy atom. The van der Waals surface area contributed by atoms with Crippen LogP contribution in [0.4, 0.5) is 5.69 Å². The van der Waals surface area contributed by atoms with E-state index in [0.717, 1.165) is 32.5 Å². The van der Waals surface area contributed by atoms with Gasteiger partial charge in [0.2, 0.25) is 5.91 Å². The highest BCUT2D eigenvalue weighted by molar-refractivity contribution is 5.79. The van der Waals surface area contributed by atoms with Crippen LogP contribution in [0.5, 0.6) is 0 Å². The van der Waals surface area contributed by atoms with Gasteiger partial charge in [-0.3, -0.25) is 4.79 Å². The van der Waals surface area contributed by atoms with Gasteiger partial charge in [-0.2, -0.15) is 0 Å². The molecule has 0 aromatic heterocycles. The summed E-state index contributed by atoms with van der Waals surface area (Å²) in [5.74, 6) is 0.337. The van der Waals surface area contributed by atoms with Gasteiger partial charge in [0, 0.05) is 32.4 Å². The number of carbonyl (C=O) groups is 1. The molecule has 0 saturated carbocycles. The number of anilines is 1. The van der Waals surface area contributed by atoms with Crippen molar-refractivity contribution < 1.29 is 4.79 Å². The van der Waals surface area contributed by atoms with E-state index < -0.39 is 0 Å². The van der Waals surface area contributed by atoms with Gasteiger partial charge in [0.25, 0.3) is 0 Å². The number of piperidine rings is 1. The fraction of sp³-hybridized carbons (Fsp3) is 0.533. The molecule has 1 unspecified atom stereocenters. The van der Waals surface area contributed by atoms with E-state index in [1.807, 2.05) is 25.2 Å². The van der Waals surface area contributed by atoms with Crippen molar-refractivity contribution in [3.63, 3.8) is 0 Å². The van der Waals surface area contributed by atoms with Crippen LogP contribution in [0.15, 0.2) is 30.3 Å². The molecule has 0 spiro atoms. The lowest BCUT2D eigenvalue weighted by molar-refractivity contribution is -0.125. The van der Waals surface area contributed by atoms with Gasteiger partial charge in [-0.1, -0.05) is 18.2 Å². The number of rotatable bonds is 5. The molecule has 2 N–H and O–H groups in total. The Hall–Kier alpha value is -1.55. The lowest BCUT2D eigenvalue weighted by Crippen LogP contribution is -2.42. The van der Waals surface area contributed by atoms with E-state index in [-0.39, 0.29) is 11.8 Å². The highest BCUT2D eigenvalue weighted by Gasteiger charge is 2.20. The summed E-state index contributed by atoms with van der Waals surface area (Å²) in [5, 5.41) is 6.30. The Morgan fingerprint density at radius 1 is 1.42 bits per heavy atom. The largest absolute Gasteiger partial charge is 0.373 e. The number of likely N-dealkylation sites (N-methyl/N-ethyl adjacent to an activating group) is 1. The van der Waals surface area contributed by atoms with Gasteiger partial charge >= 0.3 is 0 Å². The molecule has 0 bridgehead atoms. The first-order valence-electron chi connectivity index (χ1n) is 7.02. The molecule has 1 aromatic carbocycles. The molecule has 0 aliphatic carbocycles. The lowest BCUT2D eigenvalue weighted by atomic mass is 9.99. The van der Waals surface area contributed by atoms with Crippen LogP contribution in [0.3, 0.4) is 0 Å². The van der Waals surface area contributed by atoms with Crippen molar-refractivity contribution in [2.24, 2.45) is 5.92 Å². The number of benzene rings is 1. The summed E-state index contributed by atoms with van der Waals surface area (Å²) in [6.45, 7) is 3.39. The van der Waals surface area contributed by atoms with E-state index in [1.54, 1.807) is 0 Å². The zero-order valence-electron chi connectivity index (χ0n) is 11.6. The monoisotopic (exact) mass is 261 g/mol. The first kappa shape index (κ1) is 13.9. The van der Waals surface area contributed by atoms with Crippen molar-refractivity contribution in [3.05, 3.63) is 30.3 Å². The minimum absolute atomic E-state index is 0.149. The predicted molar refractivity (Wildman–Crippen MR) is 78.3 cm³/mol. The van der Waals surface area contributed by atoms with Crippen molar-refractivity contribution in [1.82, 2.24) is 10.6 Å². The smallest absolute Gasteiger partial charge is 0.224 e. The summed E-state index contributed by atoms with van der Waals surface area (Å²) >= 11 is 0. The molecule has 1 amide bonds. The van der Waals surface area contributed by atoms with Crippen LogP contribution >= 0.6 is 0 Å². The molecule has 1 aliphatic heterocycles. The molecule has 1 atom stereocenters. The quantitative estimate of drug-likeness (QED) is 0.838. The van der Waals surface area contributed by atoms with Gasteiger partial charge in [-0.05, 0) is 31.5 Å². The zero-order chi connectivity index (χ0) is 13.5.